The topological polar surface area (TPSA) is 55.1 Å². The maximum atomic E-state index is 12.6. The summed E-state index contributed by atoms with van der Waals surface area (Å²) in [5, 5.41) is 3.20. The van der Waals surface area contributed by atoms with Gasteiger partial charge in [-0.25, -0.2) is 0 Å². The number of carbonyl (C=O) groups excluding carboxylic acids is 1. The van der Waals surface area contributed by atoms with Crippen LogP contribution in [0.1, 0.15) is 53.9 Å². The summed E-state index contributed by atoms with van der Waals surface area (Å²) in [7, 11) is 0. The smallest absolute Gasteiger partial charge is 0.251 e. The molecular formula is C20H27ClN2O. The van der Waals surface area contributed by atoms with Crippen LogP contribution in [0.3, 0.4) is 0 Å². The molecule has 0 saturated heterocycles. The second-order valence-electron chi connectivity index (χ2n) is 7.03. The number of aryl methyl sites for hydroxylation is 1. The van der Waals surface area contributed by atoms with Crippen molar-refractivity contribution in [3.63, 3.8) is 0 Å². The Labute approximate surface area is 151 Å². The number of nitrogens with one attached hydrogen (secondary N) is 1. The maximum Gasteiger partial charge on any atom is 0.251 e. The number of benzene rings is 2. The zero-order valence-electron chi connectivity index (χ0n) is 14.8. The van der Waals surface area contributed by atoms with Gasteiger partial charge < -0.3 is 11.1 Å². The molecule has 1 atom stereocenters. The molecule has 0 radical (unpaired) electrons. The fourth-order valence-corrected chi connectivity index (χ4v) is 2.68. The van der Waals surface area contributed by atoms with Crippen LogP contribution in [0.25, 0.3) is 0 Å². The van der Waals surface area contributed by atoms with Gasteiger partial charge in [0.25, 0.3) is 5.91 Å². The van der Waals surface area contributed by atoms with E-state index in [9.17, 15) is 4.79 Å². The van der Waals surface area contributed by atoms with Gasteiger partial charge in [-0.1, -0.05) is 57.2 Å². The molecule has 0 saturated carbocycles. The predicted molar refractivity (Wildman–Crippen MR) is 102 cm³/mol. The Balaban J connectivity index is 0.00000288. The lowest BCUT2D eigenvalue weighted by atomic mass is 9.80. The highest BCUT2D eigenvalue weighted by molar-refractivity contribution is 5.94. The molecule has 130 valence electrons. The van der Waals surface area contributed by atoms with E-state index in [4.69, 9.17) is 5.73 Å². The van der Waals surface area contributed by atoms with E-state index in [-0.39, 0.29) is 29.8 Å². The summed E-state index contributed by atoms with van der Waals surface area (Å²) in [4.78, 5) is 12.6. The molecule has 2 aromatic carbocycles. The molecule has 0 aliphatic heterocycles. The number of amides is 1. The van der Waals surface area contributed by atoms with Gasteiger partial charge in [0.05, 0.1) is 6.04 Å². The van der Waals surface area contributed by atoms with Crippen molar-refractivity contribution in [1.29, 1.82) is 0 Å². The lowest BCUT2D eigenvalue weighted by molar-refractivity contribution is 0.0901. The summed E-state index contributed by atoms with van der Waals surface area (Å²) in [5.41, 5.74) is 9.55. The molecule has 24 heavy (non-hydrogen) atoms. The van der Waals surface area contributed by atoms with Crippen LogP contribution in [0.15, 0.2) is 48.5 Å². The van der Waals surface area contributed by atoms with Crippen molar-refractivity contribution in [2.24, 2.45) is 11.1 Å². The van der Waals surface area contributed by atoms with E-state index >= 15 is 0 Å². The second-order valence-corrected chi connectivity index (χ2v) is 7.03. The summed E-state index contributed by atoms with van der Waals surface area (Å²) >= 11 is 0. The molecule has 0 heterocycles. The molecular weight excluding hydrogens is 320 g/mol. The third-order valence-corrected chi connectivity index (χ3v) is 4.09. The zero-order valence-corrected chi connectivity index (χ0v) is 15.6. The standard InChI is InChI=1S/C20H26N2O.ClH/c1-14-7-5-6-8-17(14)18(20(2,3)4)22-19(23)16-11-9-15(13-21)10-12-16;/h5-12,18H,13,21H2,1-4H3,(H,22,23);1H. The van der Waals surface area contributed by atoms with E-state index < -0.39 is 0 Å². The first-order chi connectivity index (χ1) is 10.8. The van der Waals surface area contributed by atoms with Gasteiger partial charge in [-0.2, -0.15) is 0 Å². The minimum Gasteiger partial charge on any atom is -0.345 e. The van der Waals surface area contributed by atoms with E-state index in [0.29, 0.717) is 12.1 Å². The maximum absolute atomic E-state index is 12.6. The van der Waals surface area contributed by atoms with Gasteiger partial charge in [-0.15, -0.1) is 12.4 Å². The predicted octanol–water partition coefficient (Wildman–Crippen LogP) is 4.39. The summed E-state index contributed by atoms with van der Waals surface area (Å²) in [5.74, 6) is -0.0586. The Kier molecular flexibility index (Phi) is 7.00. The van der Waals surface area contributed by atoms with Crippen LogP contribution in [0.2, 0.25) is 0 Å². The van der Waals surface area contributed by atoms with E-state index in [2.05, 4.69) is 45.1 Å². The average Bonchev–Trinajstić information content (AvgIpc) is 2.52. The minimum atomic E-state index is -0.0844. The van der Waals surface area contributed by atoms with Gasteiger partial charge in [0.15, 0.2) is 0 Å². The molecule has 0 aromatic heterocycles. The molecule has 0 spiro atoms. The third-order valence-electron chi connectivity index (χ3n) is 4.09. The molecule has 1 amide bonds. The van der Waals surface area contributed by atoms with Gasteiger partial charge in [0, 0.05) is 12.1 Å². The van der Waals surface area contributed by atoms with E-state index in [1.54, 1.807) is 0 Å². The quantitative estimate of drug-likeness (QED) is 0.862. The first-order valence-corrected chi connectivity index (χ1v) is 7.98. The van der Waals surface area contributed by atoms with Gasteiger partial charge in [0.1, 0.15) is 0 Å². The Morgan fingerprint density at radius 1 is 1.08 bits per heavy atom. The average molecular weight is 347 g/mol. The van der Waals surface area contributed by atoms with Crippen molar-refractivity contribution >= 4 is 18.3 Å². The number of carbonyl (C=O) groups is 1. The summed E-state index contributed by atoms with van der Waals surface area (Å²) in [6.07, 6.45) is 0. The molecule has 0 aliphatic carbocycles. The second kappa shape index (κ2) is 8.32. The molecule has 1 unspecified atom stereocenters. The zero-order chi connectivity index (χ0) is 17.0. The van der Waals surface area contributed by atoms with Gasteiger partial charge >= 0.3 is 0 Å². The lowest BCUT2D eigenvalue weighted by Gasteiger charge is -2.33. The van der Waals surface area contributed by atoms with Crippen LogP contribution in [0.4, 0.5) is 0 Å². The number of hydrogen-bond acceptors (Lipinski definition) is 2. The normalized spacial score (nSPS) is 12.2. The summed E-state index contributed by atoms with van der Waals surface area (Å²) in [6.45, 7) is 8.98. The first-order valence-electron chi connectivity index (χ1n) is 7.98. The SMILES string of the molecule is Cc1ccccc1C(NC(=O)c1ccc(CN)cc1)C(C)(C)C.Cl. The van der Waals surface area contributed by atoms with E-state index in [1.165, 1.54) is 5.56 Å². The van der Waals surface area contributed by atoms with E-state index in [0.717, 1.165) is 11.1 Å². The van der Waals surface area contributed by atoms with E-state index in [1.807, 2.05) is 36.4 Å². The van der Waals surface area contributed by atoms with Crippen LogP contribution in [-0.4, -0.2) is 5.91 Å². The number of hydrogen-bond donors (Lipinski definition) is 2. The molecule has 0 fully saturated rings. The van der Waals surface area contributed by atoms with Crippen molar-refractivity contribution in [2.45, 2.75) is 40.3 Å². The summed E-state index contributed by atoms with van der Waals surface area (Å²) in [6, 6.07) is 15.6. The van der Waals surface area contributed by atoms with Gasteiger partial charge in [-0.05, 0) is 41.2 Å². The monoisotopic (exact) mass is 346 g/mol. The highest BCUT2D eigenvalue weighted by Crippen LogP contribution is 2.34. The number of nitrogens with two attached hydrogens (primary N) is 1. The van der Waals surface area contributed by atoms with Crippen LogP contribution in [0.5, 0.6) is 0 Å². The molecule has 2 rings (SSSR count). The van der Waals surface area contributed by atoms with Gasteiger partial charge in [-0.3, -0.25) is 4.79 Å². The van der Waals surface area contributed by atoms with Crippen molar-refractivity contribution in [3.8, 4) is 0 Å². The third kappa shape index (κ3) is 4.83. The van der Waals surface area contributed by atoms with Crippen LogP contribution >= 0.6 is 12.4 Å². The molecule has 0 aliphatic rings. The largest absolute Gasteiger partial charge is 0.345 e. The molecule has 3 nitrogen and oxygen atoms in total. The molecule has 2 aromatic rings. The highest BCUT2D eigenvalue weighted by Gasteiger charge is 2.29. The van der Waals surface area contributed by atoms with Gasteiger partial charge in [0.2, 0.25) is 0 Å². The van der Waals surface area contributed by atoms with Crippen molar-refractivity contribution in [1.82, 2.24) is 5.32 Å². The highest BCUT2D eigenvalue weighted by atomic mass is 35.5. The Bertz CT molecular complexity index is 675. The Morgan fingerprint density at radius 2 is 1.67 bits per heavy atom. The van der Waals surface area contributed by atoms with Crippen LogP contribution < -0.4 is 11.1 Å². The Hall–Kier alpha value is -1.84. The number of rotatable bonds is 4. The fraction of sp³-hybridized carbons (Fsp3) is 0.350. The van der Waals surface area contributed by atoms with Crippen LogP contribution in [0, 0.1) is 12.3 Å². The van der Waals surface area contributed by atoms with Crippen molar-refractivity contribution < 1.29 is 4.79 Å². The summed E-state index contributed by atoms with van der Waals surface area (Å²) < 4.78 is 0. The molecule has 3 N–H and O–H groups in total. The fourth-order valence-electron chi connectivity index (χ4n) is 2.68. The molecule has 0 bridgehead atoms. The number of halogens is 1. The Morgan fingerprint density at radius 3 is 2.17 bits per heavy atom. The van der Waals surface area contributed by atoms with Crippen molar-refractivity contribution in [2.75, 3.05) is 0 Å². The van der Waals surface area contributed by atoms with Crippen molar-refractivity contribution in [3.05, 3.63) is 70.8 Å². The first kappa shape index (κ1) is 20.2. The minimum absolute atomic E-state index is 0. The molecule has 4 heteroatoms. The van der Waals surface area contributed by atoms with Crippen LogP contribution in [-0.2, 0) is 6.54 Å². The lowest BCUT2D eigenvalue weighted by Crippen LogP contribution is -2.37.